The first-order valence-corrected chi connectivity index (χ1v) is 8.22. The minimum absolute atomic E-state index is 0.137. The fourth-order valence-corrected chi connectivity index (χ4v) is 2.28. The number of hydrogen-bond donors (Lipinski definition) is 2. The van der Waals surface area contributed by atoms with E-state index in [1.54, 1.807) is 7.05 Å². The van der Waals surface area contributed by atoms with Gasteiger partial charge >= 0.3 is 0 Å². The third-order valence-electron chi connectivity index (χ3n) is 3.66. The average Bonchev–Trinajstić information content (AvgIpc) is 2.51. The Labute approximate surface area is 134 Å². The smallest absolute Gasteiger partial charge is 0.237 e. The molecule has 4 nitrogen and oxygen atoms in total. The van der Waals surface area contributed by atoms with E-state index in [1.165, 1.54) is 19.3 Å². The van der Waals surface area contributed by atoms with Crippen LogP contribution in [-0.4, -0.2) is 25.6 Å². The van der Waals surface area contributed by atoms with Gasteiger partial charge in [-0.2, -0.15) is 0 Å². The molecule has 0 saturated carbocycles. The highest BCUT2D eigenvalue weighted by molar-refractivity contribution is 5.81. The number of nitrogens with one attached hydrogen (secondary N) is 1. The number of rotatable bonds is 10. The average molecular weight is 306 g/mol. The van der Waals surface area contributed by atoms with Gasteiger partial charge in [0.2, 0.25) is 5.91 Å². The molecule has 0 saturated heterocycles. The highest BCUT2D eigenvalue weighted by Crippen LogP contribution is 2.14. The second-order valence-corrected chi connectivity index (χ2v) is 6.16. The predicted molar refractivity (Wildman–Crippen MR) is 91.0 cm³/mol. The standard InChI is InChI=1S/C18H30N2O2/c1-14(2)7-5-4-6-12-22-16-10-8-15(9-11-16)13-17(19)18(21)20-3/h8-11,14,17H,4-7,12-13,19H2,1-3H3,(H,20,21)/t17-/m0/s1. The number of benzene rings is 1. The molecule has 0 radical (unpaired) electrons. The summed E-state index contributed by atoms with van der Waals surface area (Å²) in [7, 11) is 1.60. The van der Waals surface area contributed by atoms with Crippen molar-refractivity contribution in [2.24, 2.45) is 11.7 Å². The Morgan fingerprint density at radius 2 is 1.86 bits per heavy atom. The van der Waals surface area contributed by atoms with Gasteiger partial charge in [-0.3, -0.25) is 4.79 Å². The van der Waals surface area contributed by atoms with Crippen LogP contribution in [0.25, 0.3) is 0 Å². The van der Waals surface area contributed by atoms with Crippen LogP contribution in [0.15, 0.2) is 24.3 Å². The monoisotopic (exact) mass is 306 g/mol. The van der Waals surface area contributed by atoms with Gasteiger partial charge < -0.3 is 15.8 Å². The van der Waals surface area contributed by atoms with E-state index in [1.807, 2.05) is 24.3 Å². The molecule has 0 aliphatic heterocycles. The number of unbranched alkanes of at least 4 members (excludes halogenated alkanes) is 2. The van der Waals surface area contributed by atoms with Crippen LogP contribution in [0.4, 0.5) is 0 Å². The van der Waals surface area contributed by atoms with Crippen molar-refractivity contribution in [1.29, 1.82) is 0 Å². The van der Waals surface area contributed by atoms with Crippen LogP contribution in [-0.2, 0) is 11.2 Å². The van der Waals surface area contributed by atoms with Crippen LogP contribution < -0.4 is 15.8 Å². The maximum absolute atomic E-state index is 11.4. The van der Waals surface area contributed by atoms with E-state index in [2.05, 4.69) is 19.2 Å². The zero-order chi connectivity index (χ0) is 16.4. The van der Waals surface area contributed by atoms with E-state index < -0.39 is 6.04 Å². The number of carbonyl (C=O) groups is 1. The summed E-state index contributed by atoms with van der Waals surface area (Å²) < 4.78 is 5.73. The molecule has 1 rings (SSSR count). The molecule has 1 aromatic rings. The molecule has 0 unspecified atom stereocenters. The molecule has 1 aromatic carbocycles. The maximum Gasteiger partial charge on any atom is 0.237 e. The van der Waals surface area contributed by atoms with Crippen molar-refractivity contribution in [3.63, 3.8) is 0 Å². The highest BCUT2D eigenvalue weighted by Gasteiger charge is 2.11. The zero-order valence-corrected chi connectivity index (χ0v) is 14.1. The maximum atomic E-state index is 11.4. The van der Waals surface area contributed by atoms with Crippen LogP contribution in [0.2, 0.25) is 0 Å². The first kappa shape index (κ1) is 18.5. The molecular weight excluding hydrogens is 276 g/mol. The van der Waals surface area contributed by atoms with Crippen molar-refractivity contribution in [2.75, 3.05) is 13.7 Å². The summed E-state index contributed by atoms with van der Waals surface area (Å²) in [5.74, 6) is 1.53. The number of likely N-dealkylation sites (N-methyl/N-ethyl adjacent to an activating group) is 1. The lowest BCUT2D eigenvalue weighted by Crippen LogP contribution is -2.40. The Bertz CT molecular complexity index is 429. The third kappa shape index (κ3) is 7.46. The van der Waals surface area contributed by atoms with Crippen molar-refractivity contribution >= 4 is 5.91 Å². The van der Waals surface area contributed by atoms with Crippen LogP contribution in [0.5, 0.6) is 5.75 Å². The van der Waals surface area contributed by atoms with Crippen LogP contribution in [0.3, 0.4) is 0 Å². The lowest BCUT2D eigenvalue weighted by atomic mass is 10.1. The molecule has 1 amide bonds. The first-order chi connectivity index (χ1) is 10.5. The van der Waals surface area contributed by atoms with Crippen molar-refractivity contribution in [1.82, 2.24) is 5.32 Å². The van der Waals surface area contributed by atoms with Gasteiger partial charge in [-0.15, -0.1) is 0 Å². The van der Waals surface area contributed by atoms with Crippen LogP contribution in [0.1, 0.15) is 45.1 Å². The molecule has 0 aromatic heterocycles. The second-order valence-electron chi connectivity index (χ2n) is 6.16. The minimum atomic E-state index is -0.502. The zero-order valence-electron chi connectivity index (χ0n) is 14.1. The molecule has 1 atom stereocenters. The lowest BCUT2D eigenvalue weighted by molar-refractivity contribution is -0.121. The topological polar surface area (TPSA) is 64.4 Å². The molecule has 0 aliphatic rings. The molecule has 0 fully saturated rings. The molecule has 0 bridgehead atoms. The summed E-state index contributed by atoms with van der Waals surface area (Å²) in [4.78, 5) is 11.4. The van der Waals surface area contributed by atoms with E-state index in [9.17, 15) is 4.79 Å². The van der Waals surface area contributed by atoms with Gasteiger partial charge in [-0.05, 0) is 36.5 Å². The minimum Gasteiger partial charge on any atom is -0.494 e. The number of nitrogens with two attached hydrogens (primary N) is 1. The van der Waals surface area contributed by atoms with Crippen molar-refractivity contribution in [2.45, 2.75) is 52.0 Å². The Hall–Kier alpha value is -1.55. The fraction of sp³-hybridized carbons (Fsp3) is 0.611. The molecule has 0 aliphatic carbocycles. The van der Waals surface area contributed by atoms with Crippen LogP contribution >= 0.6 is 0 Å². The van der Waals surface area contributed by atoms with Gasteiger partial charge in [0.1, 0.15) is 5.75 Å². The molecule has 0 spiro atoms. The van der Waals surface area contributed by atoms with Gasteiger partial charge in [-0.1, -0.05) is 45.2 Å². The van der Waals surface area contributed by atoms with E-state index in [4.69, 9.17) is 10.5 Å². The SMILES string of the molecule is CNC(=O)[C@@H](N)Cc1ccc(OCCCCCC(C)C)cc1. The van der Waals surface area contributed by atoms with Gasteiger partial charge in [0.15, 0.2) is 0 Å². The molecule has 3 N–H and O–H groups in total. The fourth-order valence-electron chi connectivity index (χ4n) is 2.28. The summed E-state index contributed by atoms with van der Waals surface area (Å²) in [6.07, 6.45) is 5.42. The van der Waals surface area contributed by atoms with E-state index in [0.29, 0.717) is 6.42 Å². The number of ether oxygens (including phenoxy) is 1. The molecule has 0 heterocycles. The van der Waals surface area contributed by atoms with E-state index in [0.717, 1.165) is 30.3 Å². The Morgan fingerprint density at radius 3 is 2.45 bits per heavy atom. The van der Waals surface area contributed by atoms with Gasteiger partial charge in [0.25, 0.3) is 0 Å². The summed E-state index contributed by atoms with van der Waals surface area (Å²) in [6.45, 7) is 5.28. The van der Waals surface area contributed by atoms with Crippen LogP contribution in [0, 0.1) is 5.92 Å². The number of carbonyl (C=O) groups excluding carboxylic acids is 1. The quantitative estimate of drug-likeness (QED) is 0.653. The Morgan fingerprint density at radius 1 is 1.18 bits per heavy atom. The van der Waals surface area contributed by atoms with Gasteiger partial charge in [0, 0.05) is 7.05 Å². The molecule has 124 valence electrons. The Kier molecular flexibility index (Phi) is 8.60. The molecular formula is C18H30N2O2. The van der Waals surface area contributed by atoms with Gasteiger partial charge in [0.05, 0.1) is 12.6 Å². The largest absolute Gasteiger partial charge is 0.494 e. The molecule has 4 heteroatoms. The summed E-state index contributed by atoms with van der Waals surface area (Å²) in [6, 6.07) is 7.33. The van der Waals surface area contributed by atoms with E-state index in [-0.39, 0.29) is 5.91 Å². The first-order valence-electron chi connectivity index (χ1n) is 8.22. The highest BCUT2D eigenvalue weighted by atomic mass is 16.5. The summed E-state index contributed by atoms with van der Waals surface area (Å²) in [5, 5.41) is 2.56. The number of amides is 1. The van der Waals surface area contributed by atoms with E-state index >= 15 is 0 Å². The number of hydrogen-bond acceptors (Lipinski definition) is 3. The van der Waals surface area contributed by atoms with Crippen molar-refractivity contribution < 1.29 is 9.53 Å². The molecule has 22 heavy (non-hydrogen) atoms. The summed E-state index contributed by atoms with van der Waals surface area (Å²) >= 11 is 0. The van der Waals surface area contributed by atoms with Crippen molar-refractivity contribution in [3.8, 4) is 5.75 Å². The normalized spacial score (nSPS) is 12.2. The summed E-state index contributed by atoms with van der Waals surface area (Å²) in [5.41, 5.74) is 6.84. The van der Waals surface area contributed by atoms with Crippen molar-refractivity contribution in [3.05, 3.63) is 29.8 Å². The third-order valence-corrected chi connectivity index (χ3v) is 3.66. The lowest BCUT2D eigenvalue weighted by Gasteiger charge is -2.11. The predicted octanol–water partition coefficient (Wildman–Crippen LogP) is 2.90. The Balaban J connectivity index is 2.26. The second kappa shape index (κ2) is 10.2. The van der Waals surface area contributed by atoms with Gasteiger partial charge in [-0.25, -0.2) is 0 Å².